The van der Waals surface area contributed by atoms with E-state index in [0.29, 0.717) is 18.5 Å². The van der Waals surface area contributed by atoms with Crippen LogP contribution in [0.25, 0.3) is 0 Å². The average Bonchev–Trinajstić information content (AvgIpc) is 2.43. The van der Waals surface area contributed by atoms with Crippen molar-refractivity contribution in [2.45, 2.75) is 52.2 Å². The summed E-state index contributed by atoms with van der Waals surface area (Å²) in [4.78, 5) is 25.4. The molecule has 0 fully saturated rings. The molecule has 0 heterocycles. The van der Waals surface area contributed by atoms with Gasteiger partial charge < -0.3 is 20.3 Å². The van der Waals surface area contributed by atoms with E-state index < -0.39 is 17.2 Å². The standard InChI is InChI=1S/C19H31N3O3/c1-18(2,3)25-17(24)21-19(4,5)11-12-20-15-10-8-9-14(13-15)16(23)22(6)7/h8-10,13,20H,11-12H2,1-7H3,(H,21,24). The lowest BCUT2D eigenvalue weighted by atomic mass is 10.0. The minimum absolute atomic E-state index is 0.0319. The minimum Gasteiger partial charge on any atom is -0.444 e. The number of alkyl carbamates (subject to hydrolysis) is 1. The number of nitrogens with zero attached hydrogens (tertiary/aromatic N) is 1. The van der Waals surface area contributed by atoms with Gasteiger partial charge in [0.05, 0.1) is 0 Å². The van der Waals surface area contributed by atoms with E-state index in [1.165, 1.54) is 0 Å². The quantitative estimate of drug-likeness (QED) is 0.825. The van der Waals surface area contributed by atoms with Gasteiger partial charge >= 0.3 is 6.09 Å². The highest BCUT2D eigenvalue weighted by Crippen LogP contribution is 2.15. The van der Waals surface area contributed by atoms with Crippen molar-refractivity contribution < 1.29 is 14.3 Å². The molecular weight excluding hydrogens is 318 g/mol. The second-order valence-corrected chi connectivity index (χ2v) is 7.97. The maximum atomic E-state index is 12.0. The summed E-state index contributed by atoms with van der Waals surface area (Å²) in [6, 6.07) is 7.39. The van der Waals surface area contributed by atoms with E-state index in [4.69, 9.17) is 4.74 Å². The first-order chi connectivity index (χ1) is 11.4. The second-order valence-electron chi connectivity index (χ2n) is 7.97. The summed E-state index contributed by atoms with van der Waals surface area (Å²) < 4.78 is 5.29. The monoisotopic (exact) mass is 349 g/mol. The summed E-state index contributed by atoms with van der Waals surface area (Å²) in [6.45, 7) is 10.1. The van der Waals surface area contributed by atoms with Gasteiger partial charge in [-0.15, -0.1) is 0 Å². The summed E-state index contributed by atoms with van der Waals surface area (Å²) in [5, 5.41) is 6.18. The first-order valence-electron chi connectivity index (χ1n) is 8.46. The fourth-order valence-corrected chi connectivity index (χ4v) is 2.18. The van der Waals surface area contributed by atoms with Gasteiger partial charge in [-0.25, -0.2) is 4.79 Å². The van der Waals surface area contributed by atoms with Crippen molar-refractivity contribution in [3.05, 3.63) is 29.8 Å². The van der Waals surface area contributed by atoms with Crippen LogP contribution < -0.4 is 10.6 Å². The summed E-state index contributed by atoms with van der Waals surface area (Å²) in [5.74, 6) is -0.0319. The van der Waals surface area contributed by atoms with Crippen LogP contribution in [-0.4, -0.2) is 48.7 Å². The summed E-state index contributed by atoms with van der Waals surface area (Å²) in [6.07, 6.45) is 0.286. The van der Waals surface area contributed by atoms with Crippen LogP contribution in [0, 0.1) is 0 Å². The van der Waals surface area contributed by atoms with E-state index in [9.17, 15) is 9.59 Å². The third kappa shape index (κ3) is 7.92. The van der Waals surface area contributed by atoms with E-state index in [0.717, 1.165) is 5.69 Å². The van der Waals surface area contributed by atoms with Crippen LogP contribution in [0.3, 0.4) is 0 Å². The van der Waals surface area contributed by atoms with Gasteiger partial charge in [0.15, 0.2) is 0 Å². The first-order valence-corrected chi connectivity index (χ1v) is 8.46. The maximum Gasteiger partial charge on any atom is 0.408 e. The Morgan fingerprint density at radius 2 is 1.76 bits per heavy atom. The number of ether oxygens (including phenoxy) is 1. The minimum atomic E-state index is -0.516. The zero-order valence-corrected chi connectivity index (χ0v) is 16.4. The van der Waals surface area contributed by atoms with Crippen molar-refractivity contribution in [2.75, 3.05) is 26.0 Å². The highest BCUT2D eigenvalue weighted by atomic mass is 16.6. The van der Waals surface area contributed by atoms with Crippen LogP contribution in [0.4, 0.5) is 10.5 Å². The molecule has 0 spiro atoms. The molecule has 25 heavy (non-hydrogen) atoms. The van der Waals surface area contributed by atoms with Gasteiger partial charge in [-0.1, -0.05) is 6.07 Å². The fourth-order valence-electron chi connectivity index (χ4n) is 2.18. The van der Waals surface area contributed by atoms with E-state index in [-0.39, 0.29) is 5.91 Å². The fraction of sp³-hybridized carbons (Fsp3) is 0.579. The lowest BCUT2D eigenvalue weighted by Crippen LogP contribution is -2.46. The van der Waals surface area contributed by atoms with Gasteiger partial charge in [0.25, 0.3) is 5.91 Å². The molecule has 0 aliphatic rings. The molecule has 2 amide bonds. The van der Waals surface area contributed by atoms with E-state index >= 15 is 0 Å². The Morgan fingerprint density at radius 3 is 2.32 bits per heavy atom. The third-order valence-electron chi connectivity index (χ3n) is 3.43. The average molecular weight is 349 g/mol. The number of carbonyl (C=O) groups excluding carboxylic acids is 2. The lowest BCUT2D eigenvalue weighted by Gasteiger charge is -2.28. The zero-order chi connectivity index (χ0) is 19.3. The number of benzene rings is 1. The number of amides is 2. The number of rotatable bonds is 6. The van der Waals surface area contributed by atoms with Crippen molar-refractivity contribution in [1.29, 1.82) is 0 Å². The zero-order valence-electron chi connectivity index (χ0n) is 16.4. The van der Waals surface area contributed by atoms with Crippen molar-refractivity contribution in [2.24, 2.45) is 0 Å². The molecule has 0 unspecified atom stereocenters. The molecule has 0 aromatic heterocycles. The number of hydrogen-bond acceptors (Lipinski definition) is 4. The van der Waals surface area contributed by atoms with Gasteiger partial charge in [0.1, 0.15) is 5.60 Å². The predicted molar refractivity (Wildman–Crippen MR) is 101 cm³/mol. The summed E-state index contributed by atoms with van der Waals surface area (Å²) >= 11 is 0. The Balaban J connectivity index is 2.54. The topological polar surface area (TPSA) is 70.7 Å². The number of hydrogen-bond donors (Lipinski definition) is 2. The lowest BCUT2D eigenvalue weighted by molar-refractivity contribution is 0.0469. The third-order valence-corrected chi connectivity index (χ3v) is 3.43. The molecule has 0 aliphatic heterocycles. The van der Waals surface area contributed by atoms with Crippen LogP contribution in [0.15, 0.2) is 24.3 Å². The molecule has 0 saturated heterocycles. The molecular formula is C19H31N3O3. The molecule has 6 nitrogen and oxygen atoms in total. The summed E-state index contributed by atoms with van der Waals surface area (Å²) in [7, 11) is 3.46. The molecule has 1 aromatic carbocycles. The Hall–Kier alpha value is -2.24. The largest absolute Gasteiger partial charge is 0.444 e. The maximum absolute atomic E-state index is 12.0. The van der Waals surface area contributed by atoms with Crippen molar-refractivity contribution in [1.82, 2.24) is 10.2 Å². The SMILES string of the molecule is CN(C)C(=O)c1cccc(NCCC(C)(C)NC(=O)OC(C)(C)C)c1. The van der Waals surface area contributed by atoms with Gasteiger partial charge in [-0.05, 0) is 59.2 Å². The van der Waals surface area contributed by atoms with Crippen LogP contribution >= 0.6 is 0 Å². The molecule has 0 saturated carbocycles. The van der Waals surface area contributed by atoms with Gasteiger partial charge in [0, 0.05) is 37.4 Å². The van der Waals surface area contributed by atoms with Gasteiger partial charge in [-0.2, -0.15) is 0 Å². The van der Waals surface area contributed by atoms with Crippen molar-refractivity contribution in [3.8, 4) is 0 Å². The Bertz CT molecular complexity index is 604. The van der Waals surface area contributed by atoms with Crippen LogP contribution in [0.5, 0.6) is 0 Å². The van der Waals surface area contributed by atoms with Crippen molar-refractivity contribution in [3.63, 3.8) is 0 Å². The van der Waals surface area contributed by atoms with E-state index in [2.05, 4.69) is 10.6 Å². The molecule has 0 atom stereocenters. The van der Waals surface area contributed by atoms with Crippen LogP contribution in [0.2, 0.25) is 0 Å². The number of nitrogens with one attached hydrogen (secondary N) is 2. The molecule has 0 aliphatic carbocycles. The Kier molecular flexibility index (Phi) is 6.85. The molecule has 1 aromatic rings. The molecule has 2 N–H and O–H groups in total. The molecule has 0 radical (unpaired) electrons. The second kappa shape index (κ2) is 8.23. The highest BCUT2D eigenvalue weighted by molar-refractivity contribution is 5.94. The molecule has 140 valence electrons. The summed E-state index contributed by atoms with van der Waals surface area (Å²) in [5.41, 5.74) is 0.589. The smallest absolute Gasteiger partial charge is 0.408 e. The Morgan fingerprint density at radius 1 is 1.12 bits per heavy atom. The predicted octanol–water partition coefficient (Wildman–Crippen LogP) is 3.49. The normalized spacial score (nSPS) is 11.6. The first kappa shape index (κ1) is 20.8. The van der Waals surface area contributed by atoms with Gasteiger partial charge in [0.2, 0.25) is 0 Å². The number of anilines is 1. The number of carbonyl (C=O) groups is 2. The van der Waals surface area contributed by atoms with Gasteiger partial charge in [-0.3, -0.25) is 4.79 Å². The van der Waals surface area contributed by atoms with E-state index in [1.807, 2.05) is 52.8 Å². The van der Waals surface area contributed by atoms with Crippen LogP contribution in [-0.2, 0) is 4.74 Å². The van der Waals surface area contributed by atoms with E-state index in [1.54, 1.807) is 25.1 Å². The molecule has 6 heteroatoms. The van der Waals surface area contributed by atoms with Crippen LogP contribution in [0.1, 0.15) is 51.4 Å². The Labute approximate surface area is 150 Å². The van der Waals surface area contributed by atoms with Crippen molar-refractivity contribution >= 4 is 17.7 Å². The highest BCUT2D eigenvalue weighted by Gasteiger charge is 2.24. The molecule has 1 rings (SSSR count). The molecule has 0 bridgehead atoms.